The van der Waals surface area contributed by atoms with Gasteiger partial charge >= 0.3 is 0 Å². The second-order valence-corrected chi connectivity index (χ2v) is 8.45. The molecule has 0 aliphatic carbocycles. The number of likely N-dealkylation sites (tertiary alicyclic amines) is 1. The number of aromatic nitrogens is 4. The van der Waals surface area contributed by atoms with Crippen molar-refractivity contribution in [1.82, 2.24) is 24.6 Å². The molecule has 164 valence electrons. The van der Waals surface area contributed by atoms with E-state index >= 15 is 0 Å². The molecule has 1 aliphatic rings. The molecule has 0 saturated carbocycles. The summed E-state index contributed by atoms with van der Waals surface area (Å²) in [5.74, 6) is 0.925. The molecule has 0 radical (unpaired) electrons. The van der Waals surface area contributed by atoms with Crippen molar-refractivity contribution >= 4 is 22.6 Å². The molecule has 1 aliphatic heterocycles. The Hall–Kier alpha value is -3.45. The number of carbonyl (C=O) groups excluding carboxylic acids is 1. The third kappa shape index (κ3) is 4.43. The van der Waals surface area contributed by atoms with Gasteiger partial charge in [-0.3, -0.25) is 14.4 Å². The van der Waals surface area contributed by atoms with E-state index in [1.54, 1.807) is 0 Å². The first-order valence-corrected chi connectivity index (χ1v) is 11.3. The Kier molecular flexibility index (Phi) is 5.73. The number of carbonyl (C=O) groups is 1. The van der Waals surface area contributed by atoms with Gasteiger partial charge in [-0.1, -0.05) is 12.1 Å². The highest BCUT2D eigenvalue weighted by molar-refractivity contribution is 5.93. The number of nitrogens with zero attached hydrogens (tertiary/aromatic N) is 4. The average molecular weight is 429 g/mol. The number of rotatable bonds is 6. The molecule has 0 bridgehead atoms. The fourth-order valence-corrected chi connectivity index (χ4v) is 4.38. The largest absolute Gasteiger partial charge is 0.338 e. The van der Waals surface area contributed by atoms with E-state index in [0.717, 1.165) is 67.1 Å². The Morgan fingerprint density at radius 3 is 2.81 bits per heavy atom. The number of anilines is 1. The summed E-state index contributed by atoms with van der Waals surface area (Å²) >= 11 is 0. The van der Waals surface area contributed by atoms with Crippen LogP contribution in [0.25, 0.3) is 22.4 Å². The van der Waals surface area contributed by atoms with E-state index in [1.165, 1.54) is 5.56 Å². The number of imidazole rings is 1. The summed E-state index contributed by atoms with van der Waals surface area (Å²) in [7, 11) is 0. The first-order valence-electron chi connectivity index (χ1n) is 11.3. The number of hydrogen-bond donors (Lipinski definition) is 2. The second kappa shape index (κ2) is 8.96. The molecule has 7 heteroatoms. The fraction of sp³-hybridized carbons (Fsp3) is 0.320. The van der Waals surface area contributed by atoms with Crippen LogP contribution in [0.2, 0.25) is 0 Å². The number of aromatic amines is 1. The predicted octanol–water partition coefficient (Wildman–Crippen LogP) is 4.30. The topological polar surface area (TPSA) is 78.8 Å². The highest BCUT2D eigenvalue weighted by Crippen LogP contribution is 2.24. The van der Waals surface area contributed by atoms with Crippen LogP contribution in [0.4, 0.5) is 5.69 Å². The lowest BCUT2D eigenvalue weighted by Crippen LogP contribution is -2.40. The molecule has 0 spiro atoms. The molecule has 2 aromatic heterocycles. The van der Waals surface area contributed by atoms with Crippen molar-refractivity contribution in [3.05, 3.63) is 66.5 Å². The highest BCUT2D eigenvalue weighted by Gasteiger charge is 2.26. The van der Waals surface area contributed by atoms with Crippen LogP contribution in [0.5, 0.6) is 0 Å². The van der Waals surface area contributed by atoms with Crippen LogP contribution in [-0.2, 0) is 17.9 Å². The summed E-state index contributed by atoms with van der Waals surface area (Å²) in [5, 5.41) is 7.46. The van der Waals surface area contributed by atoms with Gasteiger partial charge in [0.2, 0.25) is 5.91 Å². The Balaban J connectivity index is 1.20. The van der Waals surface area contributed by atoms with Crippen LogP contribution < -0.4 is 5.32 Å². The van der Waals surface area contributed by atoms with E-state index in [1.807, 2.05) is 59.4 Å². The van der Waals surface area contributed by atoms with Crippen molar-refractivity contribution in [2.45, 2.75) is 32.9 Å². The summed E-state index contributed by atoms with van der Waals surface area (Å²) in [4.78, 5) is 23.3. The minimum absolute atomic E-state index is 0.0000181. The molecule has 2 N–H and O–H groups in total. The van der Waals surface area contributed by atoms with Crippen molar-refractivity contribution in [3.63, 3.8) is 0 Å². The number of amides is 1. The van der Waals surface area contributed by atoms with Crippen LogP contribution in [0.3, 0.4) is 0 Å². The van der Waals surface area contributed by atoms with Gasteiger partial charge in [0.15, 0.2) is 0 Å². The Morgan fingerprint density at radius 1 is 1.19 bits per heavy atom. The summed E-state index contributed by atoms with van der Waals surface area (Å²) in [6, 6.07) is 15.9. The van der Waals surface area contributed by atoms with Gasteiger partial charge in [-0.2, -0.15) is 5.10 Å². The van der Waals surface area contributed by atoms with Gasteiger partial charge < -0.3 is 10.3 Å². The van der Waals surface area contributed by atoms with Gasteiger partial charge in [0.05, 0.1) is 23.1 Å². The van der Waals surface area contributed by atoms with Gasteiger partial charge in [-0.05, 0) is 62.7 Å². The van der Waals surface area contributed by atoms with Crippen molar-refractivity contribution in [2.24, 2.45) is 5.92 Å². The van der Waals surface area contributed by atoms with E-state index in [0.29, 0.717) is 0 Å². The summed E-state index contributed by atoms with van der Waals surface area (Å²) in [6.45, 7) is 5.60. The number of aryl methyl sites for hydroxylation is 1. The van der Waals surface area contributed by atoms with Crippen molar-refractivity contribution in [2.75, 3.05) is 18.4 Å². The highest BCUT2D eigenvalue weighted by atomic mass is 16.1. The number of fused-ring (bicyclic) bond motifs is 1. The van der Waals surface area contributed by atoms with Crippen LogP contribution >= 0.6 is 0 Å². The number of benzene rings is 2. The monoisotopic (exact) mass is 428 g/mol. The Morgan fingerprint density at radius 2 is 2.03 bits per heavy atom. The normalized spacial score (nSPS) is 17.0. The van der Waals surface area contributed by atoms with E-state index < -0.39 is 0 Å². The predicted molar refractivity (Wildman–Crippen MR) is 126 cm³/mol. The molecule has 1 fully saturated rings. The summed E-state index contributed by atoms with van der Waals surface area (Å²) < 4.78 is 1.94. The maximum atomic E-state index is 12.9. The number of piperidine rings is 1. The third-order valence-corrected chi connectivity index (χ3v) is 6.11. The van der Waals surface area contributed by atoms with E-state index in [9.17, 15) is 4.79 Å². The molecular weight excluding hydrogens is 400 g/mol. The van der Waals surface area contributed by atoms with Crippen LogP contribution in [-0.4, -0.2) is 43.6 Å². The van der Waals surface area contributed by atoms with Gasteiger partial charge in [-0.15, -0.1) is 0 Å². The lowest BCUT2D eigenvalue weighted by molar-refractivity contribution is -0.121. The van der Waals surface area contributed by atoms with Crippen molar-refractivity contribution < 1.29 is 4.79 Å². The molecule has 0 unspecified atom stereocenters. The first kappa shape index (κ1) is 20.5. The third-order valence-electron chi connectivity index (χ3n) is 6.11. The SMILES string of the molecule is CCn1cc(CN2CCC[C@@H](C(=O)Nc3ccc(-c4nc5ccccc5[nH]4)cc3)C2)cn1. The minimum atomic E-state index is 0.0000181. The zero-order valence-corrected chi connectivity index (χ0v) is 18.3. The molecule has 1 saturated heterocycles. The smallest absolute Gasteiger partial charge is 0.228 e. The summed E-state index contributed by atoms with van der Waals surface area (Å²) in [5.41, 5.74) is 4.98. The van der Waals surface area contributed by atoms with Crippen LogP contribution in [0, 0.1) is 5.92 Å². The summed E-state index contributed by atoms with van der Waals surface area (Å²) in [6.07, 6.45) is 5.97. The number of hydrogen-bond acceptors (Lipinski definition) is 4. The molecule has 1 atom stereocenters. The van der Waals surface area contributed by atoms with Crippen molar-refractivity contribution in [3.8, 4) is 11.4 Å². The molecule has 3 heterocycles. The van der Waals surface area contributed by atoms with E-state index in [-0.39, 0.29) is 11.8 Å². The molecular formula is C25H28N6O. The maximum absolute atomic E-state index is 12.9. The molecule has 32 heavy (non-hydrogen) atoms. The van der Waals surface area contributed by atoms with Gasteiger partial charge in [-0.25, -0.2) is 4.98 Å². The van der Waals surface area contributed by atoms with Gasteiger partial charge in [0.25, 0.3) is 0 Å². The molecule has 1 amide bonds. The lowest BCUT2D eigenvalue weighted by atomic mass is 9.96. The lowest BCUT2D eigenvalue weighted by Gasteiger charge is -2.31. The van der Waals surface area contributed by atoms with E-state index in [2.05, 4.69) is 38.4 Å². The maximum Gasteiger partial charge on any atom is 0.228 e. The standard InChI is InChI=1S/C25H28N6O/c1-2-31-16-18(14-26-31)15-30-13-5-6-20(17-30)25(32)27-21-11-9-19(10-12-21)24-28-22-7-3-4-8-23(22)29-24/h3-4,7-12,14,16,20H,2,5-6,13,15,17H2,1H3,(H,27,32)(H,28,29)/t20-/m1/s1. The Bertz CT molecular complexity index is 1180. The minimum Gasteiger partial charge on any atom is -0.338 e. The average Bonchev–Trinajstić information content (AvgIpc) is 3.46. The zero-order valence-electron chi connectivity index (χ0n) is 18.3. The van der Waals surface area contributed by atoms with Gasteiger partial charge in [0.1, 0.15) is 5.82 Å². The Labute approximate surface area is 187 Å². The second-order valence-electron chi connectivity index (χ2n) is 8.45. The van der Waals surface area contributed by atoms with Gasteiger partial charge in [0, 0.05) is 42.6 Å². The fourth-order valence-electron chi connectivity index (χ4n) is 4.38. The zero-order chi connectivity index (χ0) is 21.9. The first-order chi connectivity index (χ1) is 15.7. The number of para-hydroxylation sites is 2. The van der Waals surface area contributed by atoms with Crippen LogP contribution in [0.15, 0.2) is 60.9 Å². The molecule has 2 aromatic carbocycles. The quantitative estimate of drug-likeness (QED) is 0.480. The van der Waals surface area contributed by atoms with Crippen molar-refractivity contribution in [1.29, 1.82) is 0 Å². The van der Waals surface area contributed by atoms with Crippen LogP contribution in [0.1, 0.15) is 25.3 Å². The number of nitrogens with one attached hydrogen (secondary N) is 2. The molecule has 4 aromatic rings. The molecule has 7 nitrogen and oxygen atoms in total. The number of H-pyrrole nitrogens is 1. The van der Waals surface area contributed by atoms with E-state index in [4.69, 9.17) is 0 Å². The molecule has 5 rings (SSSR count).